The van der Waals surface area contributed by atoms with Gasteiger partial charge in [0.05, 0.1) is 18.7 Å². The van der Waals surface area contributed by atoms with Crippen LogP contribution in [0, 0.1) is 11.3 Å². The zero-order valence-corrected chi connectivity index (χ0v) is 12.4. The van der Waals surface area contributed by atoms with Crippen LogP contribution in [0.15, 0.2) is 0 Å². The van der Waals surface area contributed by atoms with Crippen molar-refractivity contribution in [2.75, 3.05) is 39.2 Å². The van der Waals surface area contributed by atoms with E-state index in [9.17, 15) is 10.1 Å². The lowest BCUT2D eigenvalue weighted by Crippen LogP contribution is -2.36. The van der Waals surface area contributed by atoms with Crippen LogP contribution in [-0.2, 0) is 22.4 Å². The molecule has 0 bridgehead atoms. The van der Waals surface area contributed by atoms with Gasteiger partial charge in [0.1, 0.15) is 17.7 Å². The van der Waals surface area contributed by atoms with Crippen molar-refractivity contribution in [3.05, 3.63) is 16.0 Å². The number of nitrogens with zero attached hydrogens (tertiary/aromatic N) is 2. The quantitative estimate of drug-likeness (QED) is 0.857. The van der Waals surface area contributed by atoms with Crippen molar-refractivity contribution in [3.8, 4) is 6.07 Å². The summed E-state index contributed by atoms with van der Waals surface area (Å²) in [5, 5.41) is 13.1. The molecule has 0 radical (unpaired) electrons. The van der Waals surface area contributed by atoms with E-state index in [1.165, 1.54) is 11.3 Å². The number of hydrogen-bond acceptors (Lipinski definition) is 6. The maximum atomic E-state index is 11.9. The molecule has 0 spiro atoms. The van der Waals surface area contributed by atoms with E-state index >= 15 is 0 Å². The fourth-order valence-electron chi connectivity index (χ4n) is 2.16. The third-order valence-electron chi connectivity index (χ3n) is 3.17. The largest absolute Gasteiger partial charge is 0.447 e. The molecule has 1 aromatic rings. The minimum atomic E-state index is -0.328. The first-order valence-corrected chi connectivity index (χ1v) is 7.16. The fraction of sp³-hybridized carbons (Fsp3) is 0.538. The Morgan fingerprint density at radius 1 is 1.55 bits per heavy atom. The van der Waals surface area contributed by atoms with E-state index in [-0.39, 0.29) is 12.7 Å². The monoisotopic (exact) mass is 295 g/mol. The zero-order valence-electron chi connectivity index (χ0n) is 11.6. The number of fused-ring (bicyclic) bond motifs is 1. The molecule has 20 heavy (non-hydrogen) atoms. The number of amides is 1. The second kappa shape index (κ2) is 6.59. The van der Waals surface area contributed by atoms with Gasteiger partial charge in [-0.1, -0.05) is 0 Å². The summed E-state index contributed by atoms with van der Waals surface area (Å²) in [5.74, 6) is 0. The Bertz CT molecular complexity index is 536. The predicted octanol–water partition coefficient (Wildman–Crippen LogP) is 1.80. The smallest absolute Gasteiger partial charge is 0.410 e. The Morgan fingerprint density at radius 2 is 2.35 bits per heavy atom. The molecule has 2 rings (SSSR count). The fourth-order valence-corrected chi connectivity index (χ4v) is 3.32. The number of nitriles is 1. The van der Waals surface area contributed by atoms with Crippen LogP contribution in [0.2, 0.25) is 0 Å². The molecular weight excluding hydrogens is 278 g/mol. The third-order valence-corrected chi connectivity index (χ3v) is 4.40. The van der Waals surface area contributed by atoms with Crippen LogP contribution < -0.4 is 5.32 Å². The summed E-state index contributed by atoms with van der Waals surface area (Å²) in [6, 6.07) is 2.24. The Balaban J connectivity index is 2.06. The highest BCUT2D eigenvalue weighted by atomic mass is 32.1. The Morgan fingerprint density at radius 3 is 3.00 bits per heavy atom. The lowest BCUT2D eigenvalue weighted by Gasteiger charge is -2.26. The van der Waals surface area contributed by atoms with E-state index in [0.29, 0.717) is 31.7 Å². The zero-order chi connectivity index (χ0) is 14.5. The highest BCUT2D eigenvalue weighted by molar-refractivity contribution is 7.16. The minimum Gasteiger partial charge on any atom is -0.447 e. The minimum absolute atomic E-state index is 0.258. The summed E-state index contributed by atoms with van der Waals surface area (Å²) in [6.45, 7) is 1.73. The van der Waals surface area contributed by atoms with E-state index in [4.69, 9.17) is 9.47 Å². The third kappa shape index (κ3) is 2.86. The van der Waals surface area contributed by atoms with Crippen LogP contribution in [0.1, 0.15) is 16.0 Å². The van der Waals surface area contributed by atoms with Crippen LogP contribution in [0.4, 0.5) is 9.80 Å². The molecule has 7 heteroatoms. The standard InChI is InChI=1S/C13H17N3O3S/c1-15-12-10(7-14)9-3-4-16(8-11(9)20-12)13(17)19-6-5-18-2/h15H,3-6,8H2,1-2H3. The average molecular weight is 295 g/mol. The topological polar surface area (TPSA) is 74.6 Å². The molecule has 0 aromatic carbocycles. The van der Waals surface area contributed by atoms with E-state index in [0.717, 1.165) is 15.4 Å². The van der Waals surface area contributed by atoms with Gasteiger partial charge in [0.25, 0.3) is 0 Å². The number of carbonyl (C=O) groups excluding carboxylic acids is 1. The molecule has 0 unspecified atom stereocenters. The number of thiophene rings is 1. The molecule has 0 atom stereocenters. The van der Waals surface area contributed by atoms with E-state index in [1.54, 1.807) is 19.1 Å². The molecule has 0 fully saturated rings. The van der Waals surface area contributed by atoms with Crippen molar-refractivity contribution >= 4 is 22.4 Å². The maximum Gasteiger partial charge on any atom is 0.410 e. The molecule has 0 saturated carbocycles. The van der Waals surface area contributed by atoms with Gasteiger partial charge in [-0.05, 0) is 12.0 Å². The first kappa shape index (κ1) is 14.6. The number of nitrogens with one attached hydrogen (secondary N) is 1. The molecular formula is C13H17N3O3S. The van der Waals surface area contributed by atoms with Crippen molar-refractivity contribution < 1.29 is 14.3 Å². The second-order valence-electron chi connectivity index (χ2n) is 4.35. The molecule has 0 saturated heterocycles. The van der Waals surface area contributed by atoms with Crippen LogP contribution in [0.25, 0.3) is 0 Å². The van der Waals surface area contributed by atoms with Gasteiger partial charge in [0, 0.05) is 25.6 Å². The SMILES string of the molecule is CNc1sc2c(c1C#N)CCN(C(=O)OCCOC)C2. The van der Waals surface area contributed by atoms with Gasteiger partial charge in [0.2, 0.25) is 0 Å². The van der Waals surface area contributed by atoms with Crippen molar-refractivity contribution in [2.45, 2.75) is 13.0 Å². The second-order valence-corrected chi connectivity index (χ2v) is 5.45. The van der Waals surface area contributed by atoms with E-state index < -0.39 is 0 Å². The lowest BCUT2D eigenvalue weighted by atomic mass is 10.0. The Kier molecular flexibility index (Phi) is 4.82. The molecule has 108 valence electrons. The predicted molar refractivity (Wildman–Crippen MR) is 75.9 cm³/mol. The number of carbonyl (C=O) groups is 1. The number of anilines is 1. The van der Waals surface area contributed by atoms with Crippen molar-refractivity contribution in [1.82, 2.24) is 4.90 Å². The highest BCUT2D eigenvalue weighted by Crippen LogP contribution is 2.36. The maximum absolute atomic E-state index is 11.9. The number of rotatable bonds is 4. The van der Waals surface area contributed by atoms with Gasteiger partial charge in [-0.3, -0.25) is 0 Å². The summed E-state index contributed by atoms with van der Waals surface area (Å²) < 4.78 is 9.96. The van der Waals surface area contributed by atoms with Crippen LogP contribution >= 0.6 is 11.3 Å². The molecule has 2 heterocycles. The number of hydrogen-bond donors (Lipinski definition) is 1. The van der Waals surface area contributed by atoms with Crippen LogP contribution in [0.5, 0.6) is 0 Å². The first-order chi connectivity index (χ1) is 9.71. The van der Waals surface area contributed by atoms with Crippen LogP contribution in [0.3, 0.4) is 0 Å². The Labute approximate surface area is 121 Å². The molecule has 1 aromatic heterocycles. The van der Waals surface area contributed by atoms with Gasteiger partial charge in [-0.15, -0.1) is 11.3 Å². The molecule has 0 aliphatic carbocycles. The summed E-state index contributed by atoms with van der Waals surface area (Å²) >= 11 is 1.53. The summed E-state index contributed by atoms with van der Waals surface area (Å²) in [6.07, 6.45) is 0.362. The normalized spacial score (nSPS) is 13.6. The van der Waals surface area contributed by atoms with Gasteiger partial charge in [-0.25, -0.2) is 4.79 Å². The van der Waals surface area contributed by atoms with E-state index in [2.05, 4.69) is 11.4 Å². The van der Waals surface area contributed by atoms with Crippen molar-refractivity contribution in [3.63, 3.8) is 0 Å². The van der Waals surface area contributed by atoms with E-state index in [1.807, 2.05) is 0 Å². The molecule has 1 amide bonds. The average Bonchev–Trinajstić information content (AvgIpc) is 2.83. The van der Waals surface area contributed by atoms with Crippen LogP contribution in [-0.4, -0.2) is 44.9 Å². The van der Waals surface area contributed by atoms with Gasteiger partial charge in [0.15, 0.2) is 0 Å². The molecule has 1 aliphatic heterocycles. The lowest BCUT2D eigenvalue weighted by molar-refractivity contribution is 0.0691. The van der Waals surface area contributed by atoms with Gasteiger partial charge >= 0.3 is 6.09 Å². The van der Waals surface area contributed by atoms with Crippen molar-refractivity contribution in [2.24, 2.45) is 0 Å². The Hall–Kier alpha value is -1.78. The molecule has 1 N–H and O–H groups in total. The van der Waals surface area contributed by atoms with Gasteiger partial charge in [-0.2, -0.15) is 5.26 Å². The highest BCUT2D eigenvalue weighted by Gasteiger charge is 2.27. The molecule has 6 nitrogen and oxygen atoms in total. The molecule has 1 aliphatic rings. The van der Waals surface area contributed by atoms with Gasteiger partial charge < -0.3 is 19.7 Å². The summed E-state index contributed by atoms with van der Waals surface area (Å²) in [4.78, 5) is 14.6. The first-order valence-electron chi connectivity index (χ1n) is 6.34. The number of ether oxygens (including phenoxy) is 2. The summed E-state index contributed by atoms with van der Waals surface area (Å²) in [5.41, 5.74) is 1.77. The summed E-state index contributed by atoms with van der Waals surface area (Å²) in [7, 11) is 3.37. The number of methoxy groups -OCH3 is 1. The van der Waals surface area contributed by atoms with Crippen molar-refractivity contribution in [1.29, 1.82) is 5.26 Å².